The Bertz CT molecular complexity index is 364. The van der Waals surface area contributed by atoms with Gasteiger partial charge < -0.3 is 15.7 Å². The number of carbonyl (C=O) groups is 1. The van der Waals surface area contributed by atoms with Crippen molar-refractivity contribution in [3.05, 3.63) is 35.9 Å². The third-order valence-electron chi connectivity index (χ3n) is 3.13. The molecule has 3 N–H and O–H groups in total. The van der Waals surface area contributed by atoms with Crippen LogP contribution in [0.2, 0.25) is 0 Å². The second kappa shape index (κ2) is 8.53. The van der Waals surface area contributed by atoms with Crippen LogP contribution in [-0.4, -0.2) is 29.8 Å². The summed E-state index contributed by atoms with van der Waals surface area (Å²) in [4.78, 5) is 11.6. The maximum Gasteiger partial charge on any atom is 0.315 e. The van der Waals surface area contributed by atoms with Crippen LogP contribution < -0.4 is 10.6 Å². The first-order valence-corrected chi connectivity index (χ1v) is 6.92. The number of benzene rings is 1. The number of amides is 2. The molecule has 19 heavy (non-hydrogen) atoms. The van der Waals surface area contributed by atoms with Crippen LogP contribution in [0.4, 0.5) is 4.79 Å². The minimum Gasteiger partial charge on any atom is -0.391 e. The molecule has 0 heterocycles. The monoisotopic (exact) mass is 264 g/mol. The van der Waals surface area contributed by atoms with Gasteiger partial charge in [-0.15, -0.1) is 0 Å². The Labute approximate surface area is 115 Å². The average molecular weight is 264 g/mol. The quantitative estimate of drug-likeness (QED) is 0.706. The molecule has 0 fully saturated rings. The summed E-state index contributed by atoms with van der Waals surface area (Å²) < 4.78 is 0. The normalized spacial score (nSPS) is 12.2. The van der Waals surface area contributed by atoms with Crippen molar-refractivity contribution in [2.24, 2.45) is 0 Å². The van der Waals surface area contributed by atoms with E-state index in [4.69, 9.17) is 0 Å². The molecule has 0 saturated heterocycles. The number of urea groups is 1. The van der Waals surface area contributed by atoms with E-state index in [1.54, 1.807) is 0 Å². The molecule has 0 aromatic heterocycles. The van der Waals surface area contributed by atoms with Crippen LogP contribution in [0.15, 0.2) is 30.3 Å². The highest BCUT2D eigenvalue weighted by Crippen LogP contribution is 2.02. The molecule has 0 radical (unpaired) electrons. The summed E-state index contributed by atoms with van der Waals surface area (Å²) in [5.41, 5.74) is 1.07. The molecular formula is C15H24N2O2. The van der Waals surface area contributed by atoms with Gasteiger partial charge in [-0.1, -0.05) is 44.2 Å². The minimum atomic E-state index is -0.560. The fraction of sp³-hybridized carbons (Fsp3) is 0.533. The molecular weight excluding hydrogens is 240 g/mol. The molecule has 1 aromatic rings. The van der Waals surface area contributed by atoms with Crippen LogP contribution in [0.1, 0.15) is 32.3 Å². The third kappa shape index (κ3) is 6.25. The summed E-state index contributed by atoms with van der Waals surface area (Å²) in [6.45, 7) is 4.35. The predicted octanol–water partition coefficient (Wildman–Crippen LogP) is 2.08. The highest BCUT2D eigenvalue weighted by Gasteiger charge is 2.10. The maximum absolute atomic E-state index is 11.6. The van der Waals surface area contributed by atoms with E-state index < -0.39 is 6.10 Å². The molecule has 1 rings (SSSR count). The van der Waals surface area contributed by atoms with Crippen molar-refractivity contribution >= 4 is 6.03 Å². The average Bonchev–Trinajstić information content (AvgIpc) is 2.43. The number of hydrogen-bond acceptors (Lipinski definition) is 2. The first kappa shape index (κ1) is 15.5. The van der Waals surface area contributed by atoms with Gasteiger partial charge in [0.1, 0.15) is 0 Å². The molecule has 0 saturated carbocycles. The first-order valence-electron chi connectivity index (χ1n) is 6.92. The van der Waals surface area contributed by atoms with Gasteiger partial charge in [-0.2, -0.15) is 0 Å². The molecule has 0 bridgehead atoms. The summed E-state index contributed by atoms with van der Waals surface area (Å²) in [6, 6.07) is 9.75. The standard InChI is InChI=1S/C15H24N2O2/c1-3-13(4-2)17-15(19)16-11-14(18)10-12-8-6-5-7-9-12/h5-9,13-14,18H,3-4,10-11H2,1-2H3,(H2,16,17,19). The summed E-state index contributed by atoms with van der Waals surface area (Å²) >= 11 is 0. The molecule has 1 unspecified atom stereocenters. The van der Waals surface area contributed by atoms with Crippen molar-refractivity contribution in [1.82, 2.24) is 10.6 Å². The van der Waals surface area contributed by atoms with Crippen molar-refractivity contribution in [3.8, 4) is 0 Å². The van der Waals surface area contributed by atoms with Crippen LogP contribution >= 0.6 is 0 Å². The van der Waals surface area contributed by atoms with Crippen LogP contribution in [0.25, 0.3) is 0 Å². The molecule has 1 aromatic carbocycles. The molecule has 1 atom stereocenters. The van der Waals surface area contributed by atoms with Crippen molar-refractivity contribution in [1.29, 1.82) is 0 Å². The topological polar surface area (TPSA) is 61.4 Å². The molecule has 0 spiro atoms. The molecule has 0 aliphatic rings. The number of carbonyl (C=O) groups excluding carboxylic acids is 1. The highest BCUT2D eigenvalue weighted by molar-refractivity contribution is 5.74. The summed E-state index contributed by atoms with van der Waals surface area (Å²) in [6.07, 6.45) is 1.81. The van der Waals surface area contributed by atoms with Crippen LogP contribution in [-0.2, 0) is 6.42 Å². The zero-order chi connectivity index (χ0) is 14.1. The van der Waals surface area contributed by atoms with Crippen molar-refractivity contribution in [2.45, 2.75) is 45.3 Å². The Kier molecular flexibility index (Phi) is 6.97. The fourth-order valence-corrected chi connectivity index (χ4v) is 1.90. The fourth-order valence-electron chi connectivity index (χ4n) is 1.90. The van der Waals surface area contributed by atoms with E-state index in [9.17, 15) is 9.90 Å². The lowest BCUT2D eigenvalue weighted by molar-refractivity contribution is 0.170. The van der Waals surface area contributed by atoms with E-state index in [-0.39, 0.29) is 18.6 Å². The van der Waals surface area contributed by atoms with Gasteiger partial charge in [0.2, 0.25) is 0 Å². The Balaban J connectivity index is 2.26. The van der Waals surface area contributed by atoms with E-state index in [0.29, 0.717) is 6.42 Å². The lowest BCUT2D eigenvalue weighted by Gasteiger charge is -2.17. The Morgan fingerprint density at radius 3 is 2.42 bits per heavy atom. The van der Waals surface area contributed by atoms with E-state index in [0.717, 1.165) is 18.4 Å². The van der Waals surface area contributed by atoms with Gasteiger partial charge in [-0.05, 0) is 18.4 Å². The highest BCUT2D eigenvalue weighted by atomic mass is 16.3. The Morgan fingerprint density at radius 2 is 1.84 bits per heavy atom. The molecule has 4 nitrogen and oxygen atoms in total. The number of aliphatic hydroxyl groups excluding tert-OH is 1. The van der Waals surface area contributed by atoms with Crippen molar-refractivity contribution in [3.63, 3.8) is 0 Å². The number of rotatable bonds is 7. The van der Waals surface area contributed by atoms with Gasteiger partial charge in [0, 0.05) is 19.0 Å². The molecule has 0 aliphatic carbocycles. The van der Waals surface area contributed by atoms with Crippen molar-refractivity contribution < 1.29 is 9.90 Å². The van der Waals surface area contributed by atoms with Gasteiger partial charge in [-0.25, -0.2) is 4.79 Å². The SMILES string of the molecule is CCC(CC)NC(=O)NCC(O)Cc1ccccc1. The van der Waals surface area contributed by atoms with Crippen LogP contribution in [0, 0.1) is 0 Å². The second-order valence-corrected chi connectivity index (χ2v) is 4.71. The number of hydrogen-bond donors (Lipinski definition) is 3. The first-order chi connectivity index (χ1) is 9.15. The van der Waals surface area contributed by atoms with Crippen LogP contribution in [0.3, 0.4) is 0 Å². The lowest BCUT2D eigenvalue weighted by Crippen LogP contribution is -2.44. The minimum absolute atomic E-state index is 0.200. The van der Waals surface area contributed by atoms with E-state index in [1.165, 1.54) is 0 Å². The summed E-state index contributed by atoms with van der Waals surface area (Å²) in [5.74, 6) is 0. The predicted molar refractivity (Wildman–Crippen MR) is 77.1 cm³/mol. The second-order valence-electron chi connectivity index (χ2n) is 4.71. The maximum atomic E-state index is 11.6. The van der Waals surface area contributed by atoms with Gasteiger partial charge in [0.15, 0.2) is 0 Å². The third-order valence-corrected chi connectivity index (χ3v) is 3.13. The number of aliphatic hydroxyl groups is 1. The van der Waals surface area contributed by atoms with Gasteiger partial charge >= 0.3 is 6.03 Å². The molecule has 2 amide bonds. The van der Waals surface area contributed by atoms with E-state index in [1.807, 2.05) is 44.2 Å². The number of nitrogens with one attached hydrogen (secondary N) is 2. The summed E-state index contributed by atoms with van der Waals surface area (Å²) in [5, 5.41) is 15.4. The largest absolute Gasteiger partial charge is 0.391 e. The zero-order valence-corrected chi connectivity index (χ0v) is 11.7. The van der Waals surface area contributed by atoms with Crippen LogP contribution in [0.5, 0.6) is 0 Å². The Morgan fingerprint density at radius 1 is 1.21 bits per heavy atom. The molecule has 0 aliphatic heterocycles. The van der Waals surface area contributed by atoms with Crippen molar-refractivity contribution in [2.75, 3.05) is 6.54 Å². The zero-order valence-electron chi connectivity index (χ0n) is 11.7. The van der Waals surface area contributed by atoms with Gasteiger partial charge in [0.05, 0.1) is 6.10 Å². The van der Waals surface area contributed by atoms with Gasteiger partial charge in [-0.3, -0.25) is 0 Å². The van der Waals surface area contributed by atoms with E-state index in [2.05, 4.69) is 10.6 Å². The molecule has 4 heteroatoms. The smallest absolute Gasteiger partial charge is 0.315 e. The van der Waals surface area contributed by atoms with E-state index >= 15 is 0 Å². The lowest BCUT2D eigenvalue weighted by atomic mass is 10.1. The Hall–Kier alpha value is -1.55. The molecule has 106 valence electrons. The van der Waals surface area contributed by atoms with Gasteiger partial charge in [0.25, 0.3) is 0 Å². The summed E-state index contributed by atoms with van der Waals surface area (Å²) in [7, 11) is 0.